The van der Waals surface area contributed by atoms with Crippen molar-refractivity contribution in [3.05, 3.63) is 29.8 Å². The minimum Gasteiger partial charge on any atom is -0.463 e. The molecule has 1 saturated heterocycles. The van der Waals surface area contributed by atoms with Crippen molar-refractivity contribution in [3.8, 4) is 6.07 Å². The first-order chi connectivity index (χ1) is 18.6. The van der Waals surface area contributed by atoms with Crippen LogP contribution in [0.4, 0.5) is 0 Å². The van der Waals surface area contributed by atoms with Crippen molar-refractivity contribution in [2.75, 3.05) is 13.4 Å². The van der Waals surface area contributed by atoms with E-state index in [0.29, 0.717) is 5.52 Å². The topological polar surface area (TPSA) is 209 Å². The van der Waals surface area contributed by atoms with Gasteiger partial charge in [-0.25, -0.2) is 9.50 Å². The number of esters is 3. The Morgan fingerprint density at radius 2 is 1.92 bits per heavy atom. The van der Waals surface area contributed by atoms with E-state index in [4.69, 9.17) is 19.9 Å². The van der Waals surface area contributed by atoms with Gasteiger partial charge in [0.1, 0.15) is 37.3 Å². The molecule has 1 saturated carbocycles. The average Bonchev–Trinajstić information content (AvgIpc) is 3.43. The predicted molar refractivity (Wildman–Crippen MR) is 129 cm³/mol. The van der Waals surface area contributed by atoms with Gasteiger partial charge in [0.05, 0.1) is 29.7 Å². The monoisotopic (exact) mass is 545 g/mol. The molecule has 1 aliphatic heterocycles. The Hall–Kier alpha value is -3.64. The molecule has 2 aliphatic rings. The third kappa shape index (κ3) is 6.01. The largest absolute Gasteiger partial charge is 0.463 e. The summed E-state index contributed by atoms with van der Waals surface area (Å²) in [6, 6.07) is 4.89. The number of nitrogens with zero attached hydrogens (tertiary/aromatic N) is 4. The summed E-state index contributed by atoms with van der Waals surface area (Å²) in [6.45, 7) is 0.233. The van der Waals surface area contributed by atoms with Gasteiger partial charge in [-0.2, -0.15) is 10.4 Å². The Labute approximate surface area is 223 Å². The third-order valence-electron chi connectivity index (χ3n) is 7.08. The van der Waals surface area contributed by atoms with E-state index in [1.807, 2.05) is 6.07 Å². The molecule has 1 aliphatic carbocycles. The first-order valence-corrected chi connectivity index (χ1v) is 12.6. The lowest BCUT2D eigenvalue weighted by Crippen LogP contribution is -2.44. The number of rotatable bonds is 9. The quantitative estimate of drug-likeness (QED) is 0.275. The van der Waals surface area contributed by atoms with E-state index in [0.717, 1.165) is 38.4 Å². The first-order valence-electron chi connectivity index (χ1n) is 12.6. The smallest absolute Gasteiger partial charge is 0.314 e. The van der Waals surface area contributed by atoms with Crippen LogP contribution in [0.25, 0.3) is 5.52 Å². The van der Waals surface area contributed by atoms with Crippen LogP contribution in [-0.4, -0.2) is 80.0 Å². The van der Waals surface area contributed by atoms with Crippen molar-refractivity contribution >= 4 is 23.4 Å². The van der Waals surface area contributed by atoms with Crippen molar-refractivity contribution in [2.45, 2.75) is 81.3 Å². The summed E-state index contributed by atoms with van der Waals surface area (Å²) in [5.74, 6) is -1.88. The van der Waals surface area contributed by atoms with Gasteiger partial charge in [0.25, 0.3) is 0 Å². The van der Waals surface area contributed by atoms with Gasteiger partial charge in [0.2, 0.25) is 12.4 Å². The molecular formula is C25H31N5O9. The molecule has 0 spiro atoms. The van der Waals surface area contributed by atoms with Gasteiger partial charge >= 0.3 is 17.9 Å². The highest BCUT2D eigenvalue weighted by atomic mass is 16.7. The lowest BCUT2D eigenvalue weighted by Gasteiger charge is -2.32. The van der Waals surface area contributed by atoms with Gasteiger partial charge < -0.3 is 34.9 Å². The standard InChI is InChI=1S/C25H31N5O9/c1-15(31)37-14-38-20(32)9-16-17-5-6-19(30(17)29-13-28-16)25(12-26)23(35)22(34)18(39-25)11-36-21(33)10-24(27)7-3-2-4-8-24/h5-6,13,18,22-23,34-35H,2-4,7-11,14,27H2,1H3/t18-,22-,23-,25+/m1/s1. The van der Waals surface area contributed by atoms with E-state index in [2.05, 4.69) is 14.8 Å². The maximum Gasteiger partial charge on any atom is 0.314 e. The van der Waals surface area contributed by atoms with Crippen LogP contribution in [0.5, 0.6) is 0 Å². The van der Waals surface area contributed by atoms with Gasteiger partial charge in [0.15, 0.2) is 0 Å². The lowest BCUT2D eigenvalue weighted by molar-refractivity contribution is -0.165. The molecule has 14 heteroatoms. The SMILES string of the molecule is CC(=O)OCOC(=O)Cc1ncnn2c([C@]3(C#N)O[C@H](COC(=O)CC4(N)CCCCC4)[C@@H](O)[C@H]3O)ccc12. The zero-order valence-corrected chi connectivity index (χ0v) is 21.4. The fraction of sp³-hybridized carbons (Fsp3) is 0.600. The van der Waals surface area contributed by atoms with E-state index >= 15 is 0 Å². The van der Waals surface area contributed by atoms with Crippen LogP contribution in [0.3, 0.4) is 0 Å². The minimum atomic E-state index is -2.07. The number of aliphatic hydroxyl groups is 2. The Morgan fingerprint density at radius 1 is 1.18 bits per heavy atom. The normalized spacial score (nSPS) is 26.1. The number of nitrogens with two attached hydrogens (primary N) is 1. The van der Waals surface area contributed by atoms with Crippen LogP contribution in [-0.2, 0) is 45.4 Å². The van der Waals surface area contributed by atoms with Crippen molar-refractivity contribution in [1.82, 2.24) is 14.6 Å². The van der Waals surface area contributed by atoms with Crippen LogP contribution in [0.2, 0.25) is 0 Å². The second-order valence-electron chi connectivity index (χ2n) is 9.89. The molecule has 2 aromatic rings. The maximum atomic E-state index is 12.5. The molecule has 0 radical (unpaired) electrons. The van der Waals surface area contributed by atoms with Crippen LogP contribution in [0.1, 0.15) is 56.8 Å². The highest BCUT2D eigenvalue weighted by molar-refractivity contribution is 5.75. The predicted octanol–water partition coefficient (Wildman–Crippen LogP) is -0.230. The van der Waals surface area contributed by atoms with Crippen LogP contribution in [0.15, 0.2) is 18.5 Å². The fourth-order valence-electron chi connectivity index (χ4n) is 5.03. The number of ether oxygens (including phenoxy) is 4. The molecule has 2 fully saturated rings. The minimum absolute atomic E-state index is 0.0219. The zero-order valence-electron chi connectivity index (χ0n) is 21.4. The molecule has 39 heavy (non-hydrogen) atoms. The molecule has 210 valence electrons. The molecule has 0 bridgehead atoms. The Balaban J connectivity index is 1.48. The van der Waals surface area contributed by atoms with Gasteiger partial charge in [-0.3, -0.25) is 14.4 Å². The second kappa shape index (κ2) is 11.6. The molecule has 0 unspecified atom stereocenters. The summed E-state index contributed by atoms with van der Waals surface area (Å²) in [6.07, 6.45) is 0.786. The highest BCUT2D eigenvalue weighted by Crippen LogP contribution is 2.40. The Bertz CT molecular complexity index is 1270. The average molecular weight is 546 g/mol. The third-order valence-corrected chi connectivity index (χ3v) is 7.08. The molecule has 3 heterocycles. The summed E-state index contributed by atoms with van der Waals surface area (Å²) in [4.78, 5) is 39.5. The number of fused-ring (bicyclic) bond motifs is 1. The van der Waals surface area contributed by atoms with Crippen molar-refractivity contribution < 1.29 is 43.5 Å². The van der Waals surface area contributed by atoms with Gasteiger partial charge in [-0.15, -0.1) is 0 Å². The van der Waals surface area contributed by atoms with Gasteiger partial charge in [-0.05, 0) is 25.0 Å². The summed E-state index contributed by atoms with van der Waals surface area (Å²) in [5, 5.41) is 35.8. The Kier molecular flexibility index (Phi) is 8.45. The molecule has 14 nitrogen and oxygen atoms in total. The van der Waals surface area contributed by atoms with E-state index in [9.17, 15) is 29.9 Å². The van der Waals surface area contributed by atoms with Crippen molar-refractivity contribution in [2.24, 2.45) is 5.73 Å². The summed E-state index contributed by atoms with van der Waals surface area (Å²) in [7, 11) is 0. The molecule has 0 amide bonds. The van der Waals surface area contributed by atoms with Crippen molar-refractivity contribution in [3.63, 3.8) is 0 Å². The number of nitriles is 1. The first kappa shape index (κ1) is 28.4. The number of aromatic nitrogens is 3. The van der Waals surface area contributed by atoms with Crippen LogP contribution < -0.4 is 5.73 Å². The van der Waals surface area contributed by atoms with E-state index < -0.39 is 60.8 Å². The zero-order chi connectivity index (χ0) is 28.2. The number of hydrogen-bond donors (Lipinski definition) is 3. The summed E-state index contributed by atoms with van der Waals surface area (Å²) < 4.78 is 21.9. The van der Waals surface area contributed by atoms with Gasteiger partial charge in [0, 0.05) is 12.5 Å². The van der Waals surface area contributed by atoms with Gasteiger partial charge in [-0.1, -0.05) is 19.3 Å². The summed E-state index contributed by atoms with van der Waals surface area (Å²) >= 11 is 0. The molecule has 2 aromatic heterocycles. The maximum absolute atomic E-state index is 12.5. The number of carbonyl (C=O) groups is 3. The number of hydrogen-bond acceptors (Lipinski definition) is 13. The molecular weight excluding hydrogens is 514 g/mol. The van der Waals surface area contributed by atoms with Crippen molar-refractivity contribution in [1.29, 1.82) is 5.26 Å². The molecule has 4 N–H and O–H groups in total. The molecule has 4 atom stereocenters. The lowest BCUT2D eigenvalue weighted by atomic mass is 9.80. The Morgan fingerprint density at radius 3 is 2.62 bits per heavy atom. The fourth-order valence-corrected chi connectivity index (χ4v) is 5.03. The molecule has 4 rings (SSSR count). The van der Waals surface area contributed by atoms with E-state index in [-0.39, 0.29) is 24.2 Å². The van der Waals surface area contributed by atoms with Crippen LogP contribution >= 0.6 is 0 Å². The molecule has 0 aromatic carbocycles. The second-order valence-corrected chi connectivity index (χ2v) is 9.89. The van der Waals surface area contributed by atoms with E-state index in [1.165, 1.54) is 23.6 Å². The summed E-state index contributed by atoms with van der Waals surface area (Å²) in [5.41, 5.74) is 4.24. The highest BCUT2D eigenvalue weighted by Gasteiger charge is 2.58. The van der Waals surface area contributed by atoms with E-state index in [1.54, 1.807) is 0 Å². The van der Waals surface area contributed by atoms with Crippen LogP contribution in [0, 0.1) is 11.3 Å². The number of aliphatic hydroxyl groups excluding tert-OH is 2. The number of carbonyl (C=O) groups excluding carboxylic acids is 3.